The predicted octanol–water partition coefficient (Wildman–Crippen LogP) is 4.94. The number of carbonyl (C=O) groups is 1. The van der Waals surface area contributed by atoms with Gasteiger partial charge in [-0.2, -0.15) is 5.10 Å². The molecule has 4 rings (SSSR count). The fourth-order valence-electron chi connectivity index (χ4n) is 4.31. The monoisotopic (exact) mass is 436 g/mol. The van der Waals surface area contributed by atoms with Crippen molar-refractivity contribution < 1.29 is 4.79 Å². The van der Waals surface area contributed by atoms with Crippen molar-refractivity contribution in [3.63, 3.8) is 0 Å². The molecule has 0 atom stereocenters. The van der Waals surface area contributed by atoms with Gasteiger partial charge in [0.15, 0.2) is 0 Å². The highest BCUT2D eigenvalue weighted by Gasteiger charge is 2.20. The Balaban J connectivity index is 1.49. The lowest BCUT2D eigenvalue weighted by molar-refractivity contribution is -0.129. The summed E-state index contributed by atoms with van der Waals surface area (Å²) in [5.41, 5.74) is 6.25. The zero-order valence-corrected chi connectivity index (χ0v) is 19.2. The number of nitrogens with zero attached hydrogens (tertiary/aromatic N) is 4. The third-order valence-electron chi connectivity index (χ3n) is 6.11. The van der Waals surface area contributed by atoms with Crippen LogP contribution in [-0.2, 0) is 17.8 Å². The van der Waals surface area contributed by atoms with Gasteiger partial charge in [-0.3, -0.25) is 4.79 Å². The van der Waals surface area contributed by atoms with Crippen LogP contribution in [-0.4, -0.2) is 40.7 Å². The molecule has 2 heterocycles. The van der Waals surface area contributed by atoms with Crippen LogP contribution >= 0.6 is 11.6 Å². The molecule has 1 amide bonds. The smallest absolute Gasteiger partial charge is 0.227 e. The lowest BCUT2D eigenvalue weighted by atomic mass is 10.1. The van der Waals surface area contributed by atoms with Crippen LogP contribution in [0.4, 0.5) is 5.69 Å². The predicted molar refractivity (Wildman–Crippen MR) is 126 cm³/mol. The van der Waals surface area contributed by atoms with E-state index in [0.29, 0.717) is 18.0 Å². The highest BCUT2D eigenvalue weighted by atomic mass is 35.5. The van der Waals surface area contributed by atoms with Crippen molar-refractivity contribution in [1.82, 2.24) is 14.7 Å². The summed E-state index contributed by atoms with van der Waals surface area (Å²) >= 11 is 6.02. The van der Waals surface area contributed by atoms with Crippen LogP contribution in [0.5, 0.6) is 0 Å². The highest BCUT2D eigenvalue weighted by Crippen LogP contribution is 2.26. The van der Waals surface area contributed by atoms with Crippen molar-refractivity contribution in [2.75, 3.05) is 25.0 Å². The second kappa shape index (κ2) is 9.15. The Kier molecular flexibility index (Phi) is 6.33. The summed E-state index contributed by atoms with van der Waals surface area (Å²) in [6, 6.07) is 16.0. The van der Waals surface area contributed by atoms with E-state index in [4.69, 9.17) is 11.6 Å². The number of aryl methyl sites for hydroxylation is 1. The fourth-order valence-corrected chi connectivity index (χ4v) is 4.43. The van der Waals surface area contributed by atoms with Crippen LogP contribution in [0, 0.1) is 13.8 Å². The van der Waals surface area contributed by atoms with Crippen LogP contribution < -0.4 is 4.90 Å². The minimum atomic E-state index is 0.0954. The molecule has 0 bridgehead atoms. The Morgan fingerprint density at radius 2 is 1.74 bits per heavy atom. The molecule has 5 nitrogen and oxygen atoms in total. The van der Waals surface area contributed by atoms with Crippen LogP contribution in [0.25, 0.3) is 5.69 Å². The molecule has 0 spiro atoms. The SMILES string of the molecule is Cc1nn(-c2ccc(Cl)cc2)c(C)c1CC(=O)N(C)Cc1ccccc1N1CCCC1. The first-order valence-corrected chi connectivity index (χ1v) is 11.2. The van der Waals surface area contributed by atoms with Crippen molar-refractivity contribution in [3.8, 4) is 5.69 Å². The van der Waals surface area contributed by atoms with Gasteiger partial charge in [-0.15, -0.1) is 0 Å². The lowest BCUT2D eigenvalue weighted by Crippen LogP contribution is -2.29. The molecule has 0 aliphatic carbocycles. The summed E-state index contributed by atoms with van der Waals surface area (Å²) in [6.45, 7) is 6.77. The second-order valence-electron chi connectivity index (χ2n) is 8.29. The van der Waals surface area contributed by atoms with Gasteiger partial charge >= 0.3 is 0 Å². The number of halogens is 1. The van der Waals surface area contributed by atoms with Crippen LogP contribution in [0.3, 0.4) is 0 Å². The van der Waals surface area contributed by atoms with E-state index < -0.39 is 0 Å². The molecule has 1 aliphatic heterocycles. The van der Waals surface area contributed by atoms with Gasteiger partial charge in [0.25, 0.3) is 0 Å². The minimum absolute atomic E-state index is 0.0954. The number of rotatable bonds is 6. The molecule has 0 radical (unpaired) electrons. The maximum atomic E-state index is 13.1. The highest BCUT2D eigenvalue weighted by molar-refractivity contribution is 6.30. The van der Waals surface area contributed by atoms with Gasteiger partial charge in [0, 0.05) is 48.6 Å². The molecule has 1 aliphatic rings. The molecular formula is C25H29ClN4O. The average molecular weight is 437 g/mol. The summed E-state index contributed by atoms with van der Waals surface area (Å²) in [6.07, 6.45) is 2.81. The first-order valence-electron chi connectivity index (χ1n) is 10.8. The molecule has 162 valence electrons. The third-order valence-corrected chi connectivity index (χ3v) is 6.36. The molecule has 31 heavy (non-hydrogen) atoms. The van der Waals surface area contributed by atoms with Gasteiger partial charge in [0.1, 0.15) is 0 Å². The number of carbonyl (C=O) groups excluding carboxylic acids is 1. The molecule has 1 saturated heterocycles. The number of anilines is 1. The van der Waals surface area contributed by atoms with Gasteiger partial charge in [-0.25, -0.2) is 4.68 Å². The molecule has 0 saturated carbocycles. The Labute approximate surface area is 189 Å². The van der Waals surface area contributed by atoms with Crippen LogP contribution in [0.1, 0.15) is 35.4 Å². The summed E-state index contributed by atoms with van der Waals surface area (Å²) in [5.74, 6) is 0.0954. The Bertz CT molecular complexity index is 1070. The van der Waals surface area contributed by atoms with Gasteiger partial charge < -0.3 is 9.80 Å². The number of likely N-dealkylation sites (N-methyl/N-ethyl adjacent to an activating group) is 1. The topological polar surface area (TPSA) is 41.4 Å². The van der Waals surface area contributed by atoms with E-state index in [2.05, 4.69) is 34.3 Å². The standard InChI is InChI=1S/C25H29ClN4O/c1-18-23(19(2)30(27-18)22-12-10-21(26)11-13-22)16-25(31)28(3)17-20-8-4-5-9-24(20)29-14-6-7-15-29/h4-5,8-13H,6-7,14-17H2,1-3H3. The van der Waals surface area contributed by atoms with Crippen molar-refractivity contribution in [3.05, 3.63) is 76.1 Å². The minimum Gasteiger partial charge on any atom is -0.371 e. The molecule has 1 fully saturated rings. The summed E-state index contributed by atoms with van der Waals surface area (Å²) in [4.78, 5) is 17.4. The number of hydrogen-bond acceptors (Lipinski definition) is 3. The van der Waals surface area contributed by atoms with Gasteiger partial charge in [-0.1, -0.05) is 29.8 Å². The van der Waals surface area contributed by atoms with E-state index in [1.165, 1.54) is 24.1 Å². The number of aromatic nitrogens is 2. The largest absolute Gasteiger partial charge is 0.371 e. The van der Waals surface area contributed by atoms with Crippen molar-refractivity contribution in [2.24, 2.45) is 0 Å². The third kappa shape index (κ3) is 4.62. The number of hydrogen-bond donors (Lipinski definition) is 0. The Morgan fingerprint density at radius 3 is 2.45 bits per heavy atom. The zero-order chi connectivity index (χ0) is 22.0. The quantitative estimate of drug-likeness (QED) is 0.549. The van der Waals surface area contributed by atoms with Gasteiger partial charge in [0.05, 0.1) is 17.8 Å². The number of para-hydroxylation sites is 1. The fraction of sp³-hybridized carbons (Fsp3) is 0.360. The van der Waals surface area contributed by atoms with Gasteiger partial charge in [-0.05, 0) is 62.6 Å². The van der Waals surface area contributed by atoms with Crippen molar-refractivity contribution in [2.45, 2.75) is 39.7 Å². The molecular weight excluding hydrogens is 408 g/mol. The van der Waals surface area contributed by atoms with Crippen molar-refractivity contribution in [1.29, 1.82) is 0 Å². The van der Waals surface area contributed by atoms with Crippen LogP contribution in [0.2, 0.25) is 5.02 Å². The summed E-state index contributed by atoms with van der Waals surface area (Å²) in [7, 11) is 1.89. The van der Waals surface area contributed by atoms with E-state index >= 15 is 0 Å². The molecule has 3 aromatic rings. The molecule has 1 aromatic heterocycles. The number of benzene rings is 2. The van der Waals surface area contributed by atoms with Crippen molar-refractivity contribution >= 4 is 23.2 Å². The zero-order valence-electron chi connectivity index (χ0n) is 18.4. The van der Waals surface area contributed by atoms with E-state index in [1.807, 2.05) is 54.7 Å². The summed E-state index contributed by atoms with van der Waals surface area (Å²) in [5, 5.41) is 5.36. The maximum absolute atomic E-state index is 13.1. The Hall–Kier alpha value is -2.79. The summed E-state index contributed by atoms with van der Waals surface area (Å²) < 4.78 is 1.89. The van der Waals surface area contributed by atoms with E-state index in [1.54, 1.807) is 0 Å². The number of amides is 1. The van der Waals surface area contributed by atoms with Gasteiger partial charge in [0.2, 0.25) is 5.91 Å². The first kappa shape index (κ1) is 21.4. The lowest BCUT2D eigenvalue weighted by Gasteiger charge is -2.24. The molecule has 0 N–H and O–H groups in total. The van der Waals surface area contributed by atoms with E-state index in [-0.39, 0.29) is 5.91 Å². The first-order chi connectivity index (χ1) is 14.9. The maximum Gasteiger partial charge on any atom is 0.227 e. The van der Waals surface area contributed by atoms with Crippen LogP contribution in [0.15, 0.2) is 48.5 Å². The van der Waals surface area contributed by atoms with E-state index in [9.17, 15) is 4.79 Å². The normalized spacial score (nSPS) is 13.6. The molecule has 0 unspecified atom stereocenters. The van der Waals surface area contributed by atoms with E-state index in [0.717, 1.165) is 35.7 Å². The molecule has 6 heteroatoms. The average Bonchev–Trinajstić information content (AvgIpc) is 3.39. The second-order valence-corrected chi connectivity index (χ2v) is 8.72. The Morgan fingerprint density at radius 1 is 1.06 bits per heavy atom. The molecule has 2 aromatic carbocycles.